The maximum Gasteiger partial charge on any atom is 0.230 e. The summed E-state index contributed by atoms with van der Waals surface area (Å²) in [7, 11) is 0. The number of amides is 3. The Labute approximate surface area is 210 Å². The second-order valence-electron chi connectivity index (χ2n) is 11.2. The van der Waals surface area contributed by atoms with Gasteiger partial charge in [0.1, 0.15) is 0 Å². The first-order valence-electron chi connectivity index (χ1n) is 14.1. The Kier molecular flexibility index (Phi) is 7.74. The number of nitrogens with zero attached hydrogens (tertiary/aromatic N) is 3. The van der Waals surface area contributed by atoms with Crippen LogP contribution in [-0.4, -0.2) is 53.7 Å². The van der Waals surface area contributed by atoms with Crippen LogP contribution >= 0.6 is 0 Å². The Morgan fingerprint density at radius 3 is 1.91 bits per heavy atom. The zero-order valence-corrected chi connectivity index (χ0v) is 21.1. The lowest BCUT2D eigenvalue weighted by atomic mass is 9.94. The maximum absolute atomic E-state index is 13.6. The van der Waals surface area contributed by atoms with Gasteiger partial charge in [0, 0.05) is 50.2 Å². The van der Waals surface area contributed by atoms with Gasteiger partial charge in [-0.3, -0.25) is 14.4 Å². The van der Waals surface area contributed by atoms with E-state index in [9.17, 15) is 14.4 Å². The molecule has 0 spiro atoms. The van der Waals surface area contributed by atoms with Crippen LogP contribution < -0.4 is 4.90 Å². The molecule has 4 aliphatic rings. The molecule has 35 heavy (non-hydrogen) atoms. The van der Waals surface area contributed by atoms with Crippen molar-refractivity contribution in [2.45, 2.75) is 83.6 Å². The molecule has 0 N–H and O–H groups in total. The molecule has 0 aromatic heterocycles. The summed E-state index contributed by atoms with van der Waals surface area (Å²) < 4.78 is 0. The van der Waals surface area contributed by atoms with E-state index in [-0.39, 0.29) is 35.5 Å². The van der Waals surface area contributed by atoms with Crippen LogP contribution in [0.15, 0.2) is 24.3 Å². The molecule has 2 saturated carbocycles. The highest BCUT2D eigenvalue weighted by Gasteiger charge is 2.41. The van der Waals surface area contributed by atoms with Gasteiger partial charge in [-0.2, -0.15) is 0 Å². The third-order valence-electron chi connectivity index (χ3n) is 8.45. The van der Waals surface area contributed by atoms with Crippen LogP contribution in [-0.2, 0) is 20.9 Å². The molecule has 6 heteroatoms. The van der Waals surface area contributed by atoms with Gasteiger partial charge in [0.05, 0.1) is 5.92 Å². The summed E-state index contributed by atoms with van der Waals surface area (Å²) in [6.45, 7) is 3.19. The number of carbonyl (C=O) groups is 3. The minimum Gasteiger partial charge on any atom is -0.341 e. The van der Waals surface area contributed by atoms with Crippen LogP contribution in [0.1, 0.15) is 82.6 Å². The van der Waals surface area contributed by atoms with Crippen molar-refractivity contribution in [2.75, 3.05) is 31.1 Å². The minimum atomic E-state index is -0.0904. The molecule has 2 heterocycles. The molecule has 3 fully saturated rings. The zero-order valence-electron chi connectivity index (χ0n) is 21.1. The first-order valence-corrected chi connectivity index (χ1v) is 14.1. The fourth-order valence-electron chi connectivity index (χ4n) is 6.06. The van der Waals surface area contributed by atoms with E-state index in [2.05, 4.69) is 12.1 Å². The van der Waals surface area contributed by atoms with Crippen molar-refractivity contribution < 1.29 is 14.4 Å². The average Bonchev–Trinajstić information content (AvgIpc) is 3.54. The number of hydrogen-bond donors (Lipinski definition) is 0. The summed E-state index contributed by atoms with van der Waals surface area (Å²) in [5.74, 6) is 0.951. The number of hydrogen-bond acceptors (Lipinski definition) is 3. The van der Waals surface area contributed by atoms with E-state index < -0.39 is 0 Å². The molecule has 0 unspecified atom stereocenters. The third-order valence-corrected chi connectivity index (χ3v) is 8.45. The SMILES string of the molecule is O=C(C1CN(C(=O)C2CCCC2)C1)N1CCCCCCCCN(C(=O)C2CC2)c2ccccc2C1. The van der Waals surface area contributed by atoms with Gasteiger partial charge in [0.25, 0.3) is 0 Å². The predicted octanol–water partition coefficient (Wildman–Crippen LogP) is 4.76. The predicted molar refractivity (Wildman–Crippen MR) is 137 cm³/mol. The number of anilines is 1. The molecule has 0 bridgehead atoms. The van der Waals surface area contributed by atoms with Crippen molar-refractivity contribution in [1.29, 1.82) is 0 Å². The van der Waals surface area contributed by atoms with Gasteiger partial charge in [-0.15, -0.1) is 0 Å². The van der Waals surface area contributed by atoms with Crippen molar-refractivity contribution in [3.05, 3.63) is 29.8 Å². The summed E-state index contributed by atoms with van der Waals surface area (Å²) in [6, 6.07) is 8.17. The molecule has 190 valence electrons. The molecule has 1 aromatic rings. The minimum absolute atomic E-state index is 0.0904. The number of likely N-dealkylation sites (tertiary alicyclic amines) is 1. The summed E-state index contributed by atoms with van der Waals surface area (Å²) in [6.07, 6.45) is 13.0. The van der Waals surface area contributed by atoms with Gasteiger partial charge in [-0.1, -0.05) is 56.7 Å². The Balaban J connectivity index is 1.30. The number of benzene rings is 1. The third kappa shape index (κ3) is 5.73. The van der Waals surface area contributed by atoms with Crippen molar-refractivity contribution >= 4 is 23.4 Å². The first-order chi connectivity index (χ1) is 17.1. The Morgan fingerprint density at radius 1 is 0.600 bits per heavy atom. The lowest BCUT2D eigenvalue weighted by Crippen LogP contribution is -2.57. The van der Waals surface area contributed by atoms with E-state index in [1.54, 1.807) is 0 Å². The van der Waals surface area contributed by atoms with Gasteiger partial charge in [-0.05, 0) is 50.2 Å². The maximum atomic E-state index is 13.6. The van der Waals surface area contributed by atoms with E-state index in [1.807, 2.05) is 26.8 Å². The van der Waals surface area contributed by atoms with Gasteiger partial charge >= 0.3 is 0 Å². The molecule has 0 radical (unpaired) electrons. The molecule has 6 nitrogen and oxygen atoms in total. The van der Waals surface area contributed by atoms with Gasteiger partial charge in [0.15, 0.2) is 0 Å². The molecule has 1 saturated heterocycles. The summed E-state index contributed by atoms with van der Waals surface area (Å²) in [5, 5.41) is 0. The number of para-hydroxylation sites is 1. The number of fused-ring (bicyclic) bond motifs is 1. The first kappa shape index (κ1) is 24.3. The second kappa shape index (κ2) is 11.1. The van der Waals surface area contributed by atoms with Crippen LogP contribution in [0, 0.1) is 17.8 Å². The highest BCUT2D eigenvalue weighted by atomic mass is 16.2. The van der Waals surface area contributed by atoms with E-state index in [4.69, 9.17) is 0 Å². The zero-order chi connectivity index (χ0) is 24.2. The van der Waals surface area contributed by atoms with Crippen molar-refractivity contribution in [3.8, 4) is 0 Å². The monoisotopic (exact) mass is 479 g/mol. The van der Waals surface area contributed by atoms with Gasteiger partial charge in [0.2, 0.25) is 17.7 Å². The fourth-order valence-corrected chi connectivity index (χ4v) is 6.06. The second-order valence-corrected chi connectivity index (χ2v) is 11.2. The lowest BCUT2D eigenvalue weighted by molar-refractivity contribution is -0.151. The Hall–Kier alpha value is -2.37. The van der Waals surface area contributed by atoms with Crippen molar-refractivity contribution in [1.82, 2.24) is 9.80 Å². The van der Waals surface area contributed by atoms with Crippen molar-refractivity contribution in [2.24, 2.45) is 17.8 Å². The quantitative estimate of drug-likeness (QED) is 0.628. The molecular formula is C29H41N3O3. The standard InChI is InChI=1S/C29H41N3O3/c33-27(22-11-5-6-12-22)31-20-25(21-31)28(34)30-17-9-3-1-2-4-10-18-32(29(35)23-15-16-23)26-14-8-7-13-24(26)19-30/h7-8,13-14,22-23,25H,1-6,9-12,15-21H2. The molecule has 0 atom stereocenters. The van der Waals surface area contributed by atoms with E-state index >= 15 is 0 Å². The van der Waals surface area contributed by atoms with Crippen LogP contribution in [0.25, 0.3) is 0 Å². The summed E-state index contributed by atoms with van der Waals surface area (Å²) in [5.41, 5.74) is 2.04. The molecule has 5 rings (SSSR count). The lowest BCUT2D eigenvalue weighted by Gasteiger charge is -2.42. The molecule has 3 amide bonds. The highest BCUT2D eigenvalue weighted by Crippen LogP contribution is 2.35. The van der Waals surface area contributed by atoms with Crippen LogP contribution in [0.3, 0.4) is 0 Å². The number of rotatable bonds is 3. The Morgan fingerprint density at radius 2 is 1.20 bits per heavy atom. The van der Waals surface area contributed by atoms with E-state index in [0.717, 1.165) is 88.5 Å². The van der Waals surface area contributed by atoms with Gasteiger partial charge in [-0.25, -0.2) is 0 Å². The van der Waals surface area contributed by atoms with Crippen LogP contribution in [0.4, 0.5) is 5.69 Å². The topological polar surface area (TPSA) is 60.9 Å². The van der Waals surface area contributed by atoms with Crippen molar-refractivity contribution in [3.63, 3.8) is 0 Å². The van der Waals surface area contributed by atoms with E-state index in [1.165, 1.54) is 12.8 Å². The molecule has 2 aliphatic heterocycles. The smallest absolute Gasteiger partial charge is 0.230 e. The molecular weight excluding hydrogens is 438 g/mol. The van der Waals surface area contributed by atoms with E-state index in [0.29, 0.717) is 19.6 Å². The average molecular weight is 480 g/mol. The Bertz CT molecular complexity index is 916. The summed E-state index contributed by atoms with van der Waals surface area (Å²) in [4.78, 5) is 45.5. The molecule has 1 aromatic carbocycles. The van der Waals surface area contributed by atoms with Crippen LogP contribution in [0.5, 0.6) is 0 Å². The normalized spacial score (nSPS) is 23.0. The fraction of sp³-hybridized carbons (Fsp3) is 0.690. The van der Waals surface area contributed by atoms with Crippen LogP contribution in [0.2, 0.25) is 0 Å². The summed E-state index contributed by atoms with van der Waals surface area (Å²) >= 11 is 0. The van der Waals surface area contributed by atoms with Gasteiger partial charge < -0.3 is 14.7 Å². The molecule has 2 aliphatic carbocycles. The number of carbonyl (C=O) groups excluding carboxylic acids is 3. The highest BCUT2D eigenvalue weighted by molar-refractivity contribution is 5.97. The largest absolute Gasteiger partial charge is 0.341 e.